The third-order valence-corrected chi connectivity index (χ3v) is 3.83. The zero-order valence-corrected chi connectivity index (χ0v) is 14.5. The quantitative estimate of drug-likeness (QED) is 0.570. The summed E-state index contributed by atoms with van der Waals surface area (Å²) in [4.78, 5) is 15.8. The first-order chi connectivity index (χ1) is 12.1. The molecule has 0 spiro atoms. The molecule has 0 fully saturated rings. The number of oxazole rings is 1. The van der Waals surface area contributed by atoms with Gasteiger partial charge in [0, 0.05) is 5.56 Å². The van der Waals surface area contributed by atoms with Crippen LogP contribution in [-0.2, 0) is 16.1 Å². The van der Waals surface area contributed by atoms with E-state index in [1.165, 1.54) is 18.2 Å². The largest absolute Gasteiger partial charge is 0.481 e. The Morgan fingerprint density at radius 1 is 1.20 bits per heavy atom. The van der Waals surface area contributed by atoms with Gasteiger partial charge in [-0.1, -0.05) is 30.3 Å². The van der Waals surface area contributed by atoms with Crippen molar-refractivity contribution in [3.8, 4) is 17.1 Å². The molecule has 3 aromatic rings. The first-order valence-corrected chi connectivity index (χ1v) is 8.15. The molecule has 1 heterocycles. The van der Waals surface area contributed by atoms with Gasteiger partial charge in [-0.2, -0.15) is 0 Å². The third kappa shape index (κ3) is 4.67. The highest BCUT2D eigenvalue weighted by atomic mass is 79.9. The van der Waals surface area contributed by atoms with Crippen LogP contribution in [0.4, 0.5) is 4.39 Å². The van der Waals surface area contributed by atoms with Gasteiger partial charge in [-0.25, -0.2) is 14.2 Å². The standard InChI is InChI=1S/C18H13BrFNO4/c19-14-8-13(20)6-7-15(14)23-11-18(22)24-10-17-21-9-16(25-17)12-4-2-1-3-5-12/h1-9H,10-11H2. The van der Waals surface area contributed by atoms with E-state index in [2.05, 4.69) is 20.9 Å². The second-order valence-corrected chi connectivity index (χ2v) is 5.86. The fourth-order valence-electron chi connectivity index (χ4n) is 2.03. The molecule has 0 saturated heterocycles. The lowest BCUT2D eigenvalue weighted by molar-refractivity contribution is -0.148. The molecule has 0 aliphatic heterocycles. The zero-order chi connectivity index (χ0) is 17.6. The van der Waals surface area contributed by atoms with E-state index in [9.17, 15) is 9.18 Å². The van der Waals surface area contributed by atoms with Crippen LogP contribution in [-0.4, -0.2) is 17.6 Å². The van der Waals surface area contributed by atoms with Crippen LogP contribution < -0.4 is 4.74 Å². The summed E-state index contributed by atoms with van der Waals surface area (Å²) >= 11 is 3.16. The van der Waals surface area contributed by atoms with Crippen molar-refractivity contribution in [2.75, 3.05) is 6.61 Å². The maximum atomic E-state index is 13.0. The fourth-order valence-corrected chi connectivity index (χ4v) is 2.49. The Morgan fingerprint density at radius 3 is 2.76 bits per heavy atom. The average molecular weight is 406 g/mol. The molecule has 128 valence electrons. The number of halogens is 2. The van der Waals surface area contributed by atoms with Gasteiger partial charge in [-0.15, -0.1) is 0 Å². The van der Waals surface area contributed by atoms with E-state index < -0.39 is 11.8 Å². The molecule has 0 unspecified atom stereocenters. The van der Waals surface area contributed by atoms with Gasteiger partial charge < -0.3 is 13.9 Å². The number of benzene rings is 2. The van der Waals surface area contributed by atoms with Crippen LogP contribution >= 0.6 is 15.9 Å². The van der Waals surface area contributed by atoms with E-state index in [0.717, 1.165) is 5.56 Å². The Hall–Kier alpha value is -2.67. The van der Waals surface area contributed by atoms with Gasteiger partial charge in [0.05, 0.1) is 10.7 Å². The van der Waals surface area contributed by atoms with Crippen molar-refractivity contribution in [3.05, 3.63) is 70.9 Å². The van der Waals surface area contributed by atoms with Crippen molar-refractivity contribution < 1.29 is 23.1 Å². The molecule has 0 aliphatic rings. The molecule has 0 amide bonds. The molecule has 7 heteroatoms. The van der Waals surface area contributed by atoms with Crippen LogP contribution in [0, 0.1) is 5.82 Å². The number of rotatable bonds is 6. The summed E-state index contributed by atoms with van der Waals surface area (Å²) in [6, 6.07) is 13.4. The molecule has 0 atom stereocenters. The van der Waals surface area contributed by atoms with Gasteiger partial charge >= 0.3 is 5.97 Å². The predicted octanol–water partition coefficient (Wildman–Crippen LogP) is 4.37. The van der Waals surface area contributed by atoms with Gasteiger partial charge in [0.25, 0.3) is 0 Å². The number of hydrogen-bond acceptors (Lipinski definition) is 5. The van der Waals surface area contributed by atoms with Crippen LogP contribution in [0.3, 0.4) is 0 Å². The summed E-state index contributed by atoms with van der Waals surface area (Å²) in [5.74, 6) is 0.241. The second-order valence-electron chi connectivity index (χ2n) is 5.01. The fraction of sp³-hybridized carbons (Fsp3) is 0.111. The number of nitrogens with zero attached hydrogens (tertiary/aromatic N) is 1. The van der Waals surface area contributed by atoms with E-state index >= 15 is 0 Å². The lowest BCUT2D eigenvalue weighted by Crippen LogP contribution is -2.15. The lowest BCUT2D eigenvalue weighted by atomic mass is 10.2. The SMILES string of the molecule is O=C(COc1ccc(F)cc1Br)OCc1ncc(-c2ccccc2)o1. The molecular formula is C18H13BrFNO4. The minimum atomic E-state index is -0.587. The van der Waals surface area contributed by atoms with Crippen molar-refractivity contribution in [2.45, 2.75) is 6.61 Å². The number of aromatic nitrogens is 1. The monoisotopic (exact) mass is 405 g/mol. The van der Waals surface area contributed by atoms with E-state index in [4.69, 9.17) is 13.9 Å². The molecule has 0 saturated carbocycles. The minimum Gasteiger partial charge on any atom is -0.481 e. The summed E-state index contributed by atoms with van der Waals surface area (Å²) < 4.78 is 29.3. The van der Waals surface area contributed by atoms with Gasteiger partial charge in [-0.05, 0) is 34.1 Å². The molecule has 25 heavy (non-hydrogen) atoms. The average Bonchev–Trinajstić information content (AvgIpc) is 3.09. The third-order valence-electron chi connectivity index (χ3n) is 3.21. The molecule has 5 nitrogen and oxygen atoms in total. The van der Waals surface area contributed by atoms with E-state index in [1.807, 2.05) is 30.3 Å². The van der Waals surface area contributed by atoms with Crippen LogP contribution in [0.1, 0.15) is 5.89 Å². The molecule has 0 aliphatic carbocycles. The van der Waals surface area contributed by atoms with Crippen LogP contribution in [0.25, 0.3) is 11.3 Å². The first-order valence-electron chi connectivity index (χ1n) is 7.35. The smallest absolute Gasteiger partial charge is 0.344 e. The van der Waals surface area contributed by atoms with Gasteiger partial charge in [-0.3, -0.25) is 0 Å². The number of esters is 1. The molecule has 0 N–H and O–H groups in total. The number of carbonyl (C=O) groups excluding carboxylic acids is 1. The highest BCUT2D eigenvalue weighted by Gasteiger charge is 2.11. The summed E-state index contributed by atoms with van der Waals surface area (Å²) in [6.45, 7) is -0.407. The maximum absolute atomic E-state index is 13.0. The molecule has 0 bridgehead atoms. The Labute approximate surface area is 151 Å². The van der Waals surface area contributed by atoms with Crippen molar-refractivity contribution in [1.82, 2.24) is 4.98 Å². The molecule has 2 aromatic carbocycles. The van der Waals surface area contributed by atoms with Crippen molar-refractivity contribution in [3.63, 3.8) is 0 Å². The number of carbonyl (C=O) groups is 1. The highest BCUT2D eigenvalue weighted by molar-refractivity contribution is 9.10. The Morgan fingerprint density at radius 2 is 2.00 bits per heavy atom. The Balaban J connectivity index is 1.50. The first kappa shape index (κ1) is 17.2. The molecule has 1 aromatic heterocycles. The summed E-state index contributed by atoms with van der Waals surface area (Å²) in [5, 5.41) is 0. The maximum Gasteiger partial charge on any atom is 0.344 e. The van der Waals surface area contributed by atoms with Crippen molar-refractivity contribution >= 4 is 21.9 Å². The zero-order valence-electron chi connectivity index (χ0n) is 12.9. The van der Waals surface area contributed by atoms with Crippen LogP contribution in [0.5, 0.6) is 5.75 Å². The predicted molar refractivity (Wildman–Crippen MR) is 91.3 cm³/mol. The van der Waals surface area contributed by atoms with E-state index in [1.54, 1.807) is 6.20 Å². The van der Waals surface area contributed by atoms with E-state index in [-0.39, 0.29) is 19.1 Å². The minimum absolute atomic E-state index is 0.0976. The normalized spacial score (nSPS) is 10.5. The Bertz CT molecular complexity index is 867. The highest BCUT2D eigenvalue weighted by Crippen LogP contribution is 2.25. The molecular weight excluding hydrogens is 393 g/mol. The second kappa shape index (κ2) is 7.94. The molecule has 3 rings (SSSR count). The van der Waals surface area contributed by atoms with Gasteiger partial charge in [0.15, 0.2) is 19.0 Å². The van der Waals surface area contributed by atoms with Crippen molar-refractivity contribution in [2.24, 2.45) is 0 Å². The summed E-state index contributed by atoms with van der Waals surface area (Å²) in [6.07, 6.45) is 1.57. The molecule has 0 radical (unpaired) electrons. The van der Waals surface area contributed by atoms with Crippen LogP contribution in [0.15, 0.2) is 63.6 Å². The summed E-state index contributed by atoms with van der Waals surface area (Å²) in [7, 11) is 0. The van der Waals surface area contributed by atoms with Crippen LogP contribution in [0.2, 0.25) is 0 Å². The Kier molecular flexibility index (Phi) is 5.45. The van der Waals surface area contributed by atoms with Gasteiger partial charge in [0.2, 0.25) is 5.89 Å². The lowest BCUT2D eigenvalue weighted by Gasteiger charge is -2.07. The number of hydrogen-bond donors (Lipinski definition) is 0. The van der Waals surface area contributed by atoms with Gasteiger partial charge in [0.1, 0.15) is 11.6 Å². The van der Waals surface area contributed by atoms with Crippen molar-refractivity contribution in [1.29, 1.82) is 0 Å². The summed E-state index contributed by atoms with van der Waals surface area (Å²) in [5.41, 5.74) is 0.886. The number of ether oxygens (including phenoxy) is 2. The topological polar surface area (TPSA) is 61.6 Å². The van der Waals surface area contributed by atoms with E-state index in [0.29, 0.717) is 16.0 Å².